The van der Waals surface area contributed by atoms with Crippen molar-refractivity contribution in [3.8, 4) is 0 Å². The molecule has 7 heteroatoms. The summed E-state index contributed by atoms with van der Waals surface area (Å²) in [5, 5.41) is 7.04. The monoisotopic (exact) mass is 372 g/mol. The van der Waals surface area contributed by atoms with Crippen LogP contribution in [0.1, 0.15) is 46.8 Å². The van der Waals surface area contributed by atoms with Crippen molar-refractivity contribution in [2.45, 2.75) is 38.8 Å². The van der Waals surface area contributed by atoms with E-state index in [0.29, 0.717) is 24.4 Å². The second kappa shape index (κ2) is 8.80. The summed E-state index contributed by atoms with van der Waals surface area (Å²) in [6, 6.07) is 5.80. The van der Waals surface area contributed by atoms with Crippen LogP contribution in [0.25, 0.3) is 0 Å². The molecule has 0 bridgehead atoms. The molecule has 3 rings (SSSR count). The minimum Gasteiger partial charge on any atom is -0.349 e. The molecule has 1 fully saturated rings. The third-order valence-corrected chi connectivity index (χ3v) is 5.65. The normalized spacial score (nSPS) is 17.1. The van der Waals surface area contributed by atoms with Crippen LogP contribution >= 0.6 is 11.3 Å². The van der Waals surface area contributed by atoms with Crippen LogP contribution in [0.4, 0.5) is 0 Å². The standard InChI is InChI=1S/C19H24N4O2S/c1-2-3-7-18(24)23-13-4-6-15(23)16-8-9-17(26-16)19(25)20-11-14-22-12-5-10-21-22/h2-3,5,8-10,12,15H,4,6-7,11,13-14H2,1H3,(H,20,25)/b3-2+. The number of nitrogens with one attached hydrogen (secondary N) is 1. The summed E-state index contributed by atoms with van der Waals surface area (Å²) in [6.07, 6.45) is 9.80. The molecule has 1 atom stereocenters. The highest BCUT2D eigenvalue weighted by Crippen LogP contribution is 2.36. The smallest absolute Gasteiger partial charge is 0.261 e. The van der Waals surface area contributed by atoms with E-state index in [2.05, 4.69) is 10.4 Å². The lowest BCUT2D eigenvalue weighted by Crippen LogP contribution is -2.29. The lowest BCUT2D eigenvalue weighted by atomic mass is 10.2. The predicted molar refractivity (Wildman–Crippen MR) is 102 cm³/mol. The molecular formula is C19H24N4O2S. The highest BCUT2D eigenvalue weighted by atomic mass is 32.1. The van der Waals surface area contributed by atoms with Crippen molar-refractivity contribution >= 4 is 23.2 Å². The zero-order chi connectivity index (χ0) is 18.4. The Hall–Kier alpha value is -2.41. The van der Waals surface area contributed by atoms with Gasteiger partial charge in [-0.1, -0.05) is 12.2 Å². The average molecular weight is 372 g/mol. The molecule has 1 N–H and O–H groups in total. The summed E-state index contributed by atoms with van der Waals surface area (Å²) < 4.78 is 1.78. The van der Waals surface area contributed by atoms with Gasteiger partial charge in [0, 0.05) is 36.8 Å². The molecule has 26 heavy (non-hydrogen) atoms. The molecule has 3 heterocycles. The Balaban J connectivity index is 1.57. The number of hydrogen-bond acceptors (Lipinski definition) is 4. The third kappa shape index (κ3) is 4.40. The van der Waals surface area contributed by atoms with Gasteiger partial charge in [-0.15, -0.1) is 11.3 Å². The van der Waals surface area contributed by atoms with Gasteiger partial charge in [-0.3, -0.25) is 14.3 Å². The highest BCUT2D eigenvalue weighted by Gasteiger charge is 2.30. The number of nitrogens with zero attached hydrogens (tertiary/aromatic N) is 3. The minimum atomic E-state index is -0.0711. The van der Waals surface area contributed by atoms with Crippen LogP contribution < -0.4 is 5.32 Å². The summed E-state index contributed by atoms with van der Waals surface area (Å²) in [4.78, 5) is 28.4. The SMILES string of the molecule is C/C=C/CC(=O)N1CCCC1c1ccc(C(=O)NCCn2cccn2)s1. The number of rotatable bonds is 7. The van der Waals surface area contributed by atoms with E-state index < -0.39 is 0 Å². The second-order valence-corrected chi connectivity index (χ2v) is 7.36. The van der Waals surface area contributed by atoms with Gasteiger partial charge in [0.2, 0.25) is 5.91 Å². The molecule has 1 saturated heterocycles. The van der Waals surface area contributed by atoms with Crippen LogP contribution in [0, 0.1) is 0 Å². The Labute approximate surface area is 157 Å². The molecule has 1 unspecified atom stereocenters. The van der Waals surface area contributed by atoms with Crippen molar-refractivity contribution in [1.29, 1.82) is 0 Å². The van der Waals surface area contributed by atoms with Crippen molar-refractivity contribution in [2.75, 3.05) is 13.1 Å². The average Bonchev–Trinajstić information content (AvgIpc) is 3.39. The van der Waals surface area contributed by atoms with E-state index in [4.69, 9.17) is 0 Å². The zero-order valence-corrected chi connectivity index (χ0v) is 15.7. The van der Waals surface area contributed by atoms with Crippen LogP contribution in [0.3, 0.4) is 0 Å². The van der Waals surface area contributed by atoms with Crippen molar-refractivity contribution in [2.24, 2.45) is 0 Å². The Kier molecular flexibility index (Phi) is 6.22. The number of allylic oxidation sites excluding steroid dienone is 1. The first-order valence-electron chi connectivity index (χ1n) is 8.95. The summed E-state index contributed by atoms with van der Waals surface area (Å²) in [5.74, 6) is 0.0856. The molecule has 0 aromatic carbocycles. The molecular weight excluding hydrogens is 348 g/mol. The fourth-order valence-electron chi connectivity index (χ4n) is 3.15. The van der Waals surface area contributed by atoms with Gasteiger partial charge in [0.25, 0.3) is 5.91 Å². The van der Waals surface area contributed by atoms with Crippen LogP contribution in [-0.2, 0) is 11.3 Å². The van der Waals surface area contributed by atoms with Crippen LogP contribution in [0.5, 0.6) is 0 Å². The van der Waals surface area contributed by atoms with Gasteiger partial charge < -0.3 is 10.2 Å². The molecule has 0 aliphatic carbocycles. The highest BCUT2D eigenvalue weighted by molar-refractivity contribution is 7.14. The summed E-state index contributed by atoms with van der Waals surface area (Å²) in [6.45, 7) is 3.90. The van der Waals surface area contributed by atoms with Gasteiger partial charge in [-0.05, 0) is 38.0 Å². The Morgan fingerprint density at radius 1 is 1.42 bits per heavy atom. The summed E-state index contributed by atoms with van der Waals surface area (Å²) in [5.41, 5.74) is 0. The summed E-state index contributed by atoms with van der Waals surface area (Å²) >= 11 is 1.48. The molecule has 2 aromatic rings. The minimum absolute atomic E-state index is 0.0711. The first-order valence-corrected chi connectivity index (χ1v) is 9.76. The van der Waals surface area contributed by atoms with Crippen molar-refractivity contribution in [3.05, 3.63) is 52.5 Å². The van der Waals surface area contributed by atoms with E-state index in [0.717, 1.165) is 24.3 Å². The Morgan fingerprint density at radius 3 is 3.08 bits per heavy atom. The maximum atomic E-state index is 12.4. The number of hydrogen-bond donors (Lipinski definition) is 1. The molecule has 2 aromatic heterocycles. The van der Waals surface area contributed by atoms with Gasteiger partial charge in [-0.25, -0.2) is 0 Å². The van der Waals surface area contributed by atoms with Crippen molar-refractivity contribution < 1.29 is 9.59 Å². The van der Waals surface area contributed by atoms with Gasteiger partial charge in [-0.2, -0.15) is 5.10 Å². The predicted octanol–water partition coefficient (Wildman–Crippen LogP) is 3.00. The Bertz CT molecular complexity index is 766. The first kappa shape index (κ1) is 18.4. The molecule has 0 spiro atoms. The van der Waals surface area contributed by atoms with Crippen LogP contribution in [0.2, 0.25) is 0 Å². The second-order valence-electron chi connectivity index (χ2n) is 6.25. The third-order valence-electron chi connectivity index (χ3n) is 4.47. The number of thiophene rings is 1. The van der Waals surface area contributed by atoms with Crippen LogP contribution in [-0.4, -0.2) is 39.6 Å². The van der Waals surface area contributed by atoms with Gasteiger partial charge in [0.05, 0.1) is 17.5 Å². The first-order chi connectivity index (χ1) is 12.7. The number of likely N-dealkylation sites (tertiary alicyclic amines) is 1. The van der Waals surface area contributed by atoms with Crippen LogP contribution in [0.15, 0.2) is 42.7 Å². The van der Waals surface area contributed by atoms with E-state index in [9.17, 15) is 9.59 Å². The molecule has 0 saturated carbocycles. The maximum Gasteiger partial charge on any atom is 0.261 e. The number of amides is 2. The fourth-order valence-corrected chi connectivity index (χ4v) is 4.23. The van der Waals surface area contributed by atoms with E-state index >= 15 is 0 Å². The number of aromatic nitrogens is 2. The van der Waals surface area contributed by atoms with E-state index in [1.165, 1.54) is 11.3 Å². The van der Waals surface area contributed by atoms with E-state index in [1.807, 2.05) is 48.4 Å². The fraction of sp³-hybridized carbons (Fsp3) is 0.421. The van der Waals surface area contributed by atoms with Crippen molar-refractivity contribution in [1.82, 2.24) is 20.0 Å². The molecule has 0 radical (unpaired) electrons. The topological polar surface area (TPSA) is 67.2 Å². The van der Waals surface area contributed by atoms with Gasteiger partial charge in [0.1, 0.15) is 0 Å². The lowest BCUT2D eigenvalue weighted by molar-refractivity contribution is -0.131. The maximum absolute atomic E-state index is 12.4. The Morgan fingerprint density at radius 2 is 2.31 bits per heavy atom. The molecule has 2 amide bonds. The van der Waals surface area contributed by atoms with E-state index in [1.54, 1.807) is 10.9 Å². The van der Waals surface area contributed by atoms with E-state index in [-0.39, 0.29) is 17.9 Å². The molecule has 1 aliphatic rings. The summed E-state index contributed by atoms with van der Waals surface area (Å²) in [7, 11) is 0. The molecule has 1 aliphatic heterocycles. The zero-order valence-electron chi connectivity index (χ0n) is 14.9. The van der Waals surface area contributed by atoms with Gasteiger partial charge in [0.15, 0.2) is 0 Å². The number of carbonyl (C=O) groups excluding carboxylic acids is 2. The quantitative estimate of drug-likeness (QED) is 0.760. The van der Waals surface area contributed by atoms with Crippen molar-refractivity contribution in [3.63, 3.8) is 0 Å². The molecule has 6 nitrogen and oxygen atoms in total. The largest absolute Gasteiger partial charge is 0.349 e. The van der Waals surface area contributed by atoms with Gasteiger partial charge >= 0.3 is 0 Å². The number of carbonyl (C=O) groups is 2. The molecule has 138 valence electrons. The lowest BCUT2D eigenvalue weighted by Gasteiger charge is -2.23.